The van der Waals surface area contributed by atoms with E-state index in [9.17, 15) is 15.0 Å². The number of esters is 1. The van der Waals surface area contributed by atoms with Gasteiger partial charge in [0.25, 0.3) is 0 Å². The molecule has 0 saturated heterocycles. The smallest absolute Gasteiger partial charge is 0.341 e. The fraction of sp³-hybridized carbons (Fsp3) is 0.0455. The number of halogens is 4. The van der Waals surface area contributed by atoms with Gasteiger partial charge in [-0.3, -0.25) is 0 Å². The number of phenols is 2. The van der Waals surface area contributed by atoms with Crippen molar-refractivity contribution in [2.24, 2.45) is 0 Å². The Labute approximate surface area is 209 Å². The first-order chi connectivity index (χ1) is 14.7. The van der Waals surface area contributed by atoms with E-state index in [4.69, 9.17) is 15.9 Å². The monoisotopic (exact) mass is 668 g/mol. The molecule has 0 amide bonds. The second-order valence-electron chi connectivity index (χ2n) is 6.84. The van der Waals surface area contributed by atoms with Gasteiger partial charge >= 0.3 is 5.97 Å². The maximum Gasteiger partial charge on any atom is 0.341 e. The number of ether oxygens (including phenoxy) is 2. The largest absolute Gasteiger partial charge is 0.505 e. The van der Waals surface area contributed by atoms with E-state index < -0.39 is 11.6 Å². The van der Waals surface area contributed by atoms with E-state index >= 15 is 0 Å². The molecule has 0 aliphatic carbocycles. The summed E-state index contributed by atoms with van der Waals surface area (Å²) in [6, 6.07) is 8.46. The summed E-state index contributed by atoms with van der Waals surface area (Å²) >= 11 is 13.5. The van der Waals surface area contributed by atoms with Crippen LogP contribution >= 0.6 is 63.7 Å². The summed E-state index contributed by atoms with van der Waals surface area (Å²) in [6.45, 7) is 0. The maximum absolute atomic E-state index is 13.1. The average Bonchev–Trinajstić information content (AvgIpc) is 3.06. The standard InChI is InChI=1S/C22H8Br4O5/c1-2-8-4-3-5-9-14(8)21(29)31-22(9)10-6-12(23)17(27)15(25)19(10)30-20-11(22)7-13(24)18(28)16(20)26/h1,3-7,27-28H. The van der Waals surface area contributed by atoms with Gasteiger partial charge in [-0.2, -0.15) is 0 Å². The predicted octanol–water partition coefficient (Wildman–Crippen LogP) is 6.70. The van der Waals surface area contributed by atoms with E-state index in [0.29, 0.717) is 31.2 Å². The minimum Gasteiger partial charge on any atom is -0.505 e. The van der Waals surface area contributed by atoms with Crippen LogP contribution in [-0.4, -0.2) is 16.2 Å². The molecule has 0 saturated carbocycles. The van der Waals surface area contributed by atoms with Crippen LogP contribution in [0.2, 0.25) is 0 Å². The van der Waals surface area contributed by atoms with Gasteiger partial charge in [-0.15, -0.1) is 6.42 Å². The molecule has 0 aromatic heterocycles. The van der Waals surface area contributed by atoms with Crippen LogP contribution < -0.4 is 4.74 Å². The topological polar surface area (TPSA) is 76.0 Å². The molecule has 9 heteroatoms. The zero-order valence-electron chi connectivity index (χ0n) is 15.1. The molecule has 2 aliphatic heterocycles. The quantitative estimate of drug-likeness (QED) is 0.206. The van der Waals surface area contributed by atoms with E-state index in [2.05, 4.69) is 69.6 Å². The molecule has 31 heavy (non-hydrogen) atoms. The van der Waals surface area contributed by atoms with Crippen LogP contribution in [-0.2, 0) is 10.3 Å². The van der Waals surface area contributed by atoms with Gasteiger partial charge in [-0.05, 0) is 81.9 Å². The number of hydrogen-bond donors (Lipinski definition) is 2. The second kappa shape index (κ2) is 7.01. The number of terminal acetylenes is 1. The Bertz CT molecular complexity index is 1330. The van der Waals surface area contributed by atoms with Crippen LogP contribution in [0.25, 0.3) is 0 Å². The van der Waals surface area contributed by atoms with Crippen LogP contribution in [0.4, 0.5) is 0 Å². The maximum atomic E-state index is 13.1. The van der Waals surface area contributed by atoms with Crippen molar-refractivity contribution in [2.75, 3.05) is 0 Å². The van der Waals surface area contributed by atoms with Gasteiger partial charge in [0.05, 0.1) is 25.6 Å². The highest BCUT2D eigenvalue weighted by molar-refractivity contribution is 9.11. The first-order valence-corrected chi connectivity index (χ1v) is 11.8. The van der Waals surface area contributed by atoms with Gasteiger partial charge in [-0.25, -0.2) is 4.79 Å². The number of benzene rings is 3. The third-order valence-electron chi connectivity index (χ3n) is 5.31. The minimum atomic E-state index is -1.43. The Morgan fingerprint density at radius 2 is 1.45 bits per heavy atom. The van der Waals surface area contributed by atoms with E-state index in [1.165, 1.54) is 0 Å². The Morgan fingerprint density at radius 1 is 0.903 bits per heavy atom. The zero-order chi connectivity index (χ0) is 22.2. The van der Waals surface area contributed by atoms with Crippen LogP contribution in [0.15, 0.2) is 48.2 Å². The minimum absolute atomic E-state index is 0.0864. The number of carbonyl (C=O) groups is 1. The van der Waals surface area contributed by atoms with E-state index in [1.807, 2.05) is 0 Å². The van der Waals surface area contributed by atoms with Gasteiger partial charge in [-0.1, -0.05) is 18.1 Å². The highest BCUT2D eigenvalue weighted by atomic mass is 79.9. The molecule has 5 rings (SSSR count). The van der Waals surface area contributed by atoms with Crippen molar-refractivity contribution in [3.63, 3.8) is 0 Å². The summed E-state index contributed by atoms with van der Waals surface area (Å²) in [5.41, 5.74) is 0.740. The summed E-state index contributed by atoms with van der Waals surface area (Å²) in [7, 11) is 0. The Balaban J connectivity index is 2.00. The molecule has 5 nitrogen and oxygen atoms in total. The van der Waals surface area contributed by atoms with Gasteiger partial charge in [0.2, 0.25) is 0 Å². The van der Waals surface area contributed by atoms with Crippen molar-refractivity contribution >= 4 is 69.7 Å². The first kappa shape index (κ1) is 20.9. The van der Waals surface area contributed by atoms with E-state index in [-0.39, 0.29) is 37.5 Å². The van der Waals surface area contributed by atoms with Crippen molar-refractivity contribution in [2.45, 2.75) is 5.60 Å². The zero-order valence-corrected chi connectivity index (χ0v) is 21.4. The van der Waals surface area contributed by atoms with Gasteiger partial charge in [0.1, 0.15) is 20.4 Å². The third-order valence-corrected chi connectivity index (χ3v) is 7.99. The van der Waals surface area contributed by atoms with Crippen molar-refractivity contribution in [3.05, 3.63) is 76.0 Å². The number of hydrogen-bond acceptors (Lipinski definition) is 5. The number of fused-ring (bicyclic) bond motifs is 6. The molecular formula is C22H8Br4O5. The lowest BCUT2D eigenvalue weighted by atomic mass is 9.77. The summed E-state index contributed by atoms with van der Waals surface area (Å²) in [6.07, 6.45) is 5.65. The van der Waals surface area contributed by atoms with Crippen LogP contribution in [0.1, 0.15) is 32.6 Å². The molecule has 3 aromatic rings. The summed E-state index contributed by atoms with van der Waals surface area (Å²) in [5, 5.41) is 20.9. The molecular weight excluding hydrogens is 664 g/mol. The van der Waals surface area contributed by atoms with Crippen molar-refractivity contribution < 1.29 is 24.5 Å². The molecule has 0 unspecified atom stereocenters. The number of carbonyl (C=O) groups excluding carboxylic acids is 1. The molecule has 0 atom stereocenters. The lowest BCUT2D eigenvalue weighted by Crippen LogP contribution is -2.33. The number of aromatic hydroxyl groups is 2. The number of rotatable bonds is 0. The first-order valence-electron chi connectivity index (χ1n) is 8.66. The molecule has 0 bridgehead atoms. The lowest BCUT2D eigenvalue weighted by molar-refractivity contribution is 0.0222. The van der Waals surface area contributed by atoms with E-state index in [0.717, 1.165) is 0 Å². The Hall–Kier alpha value is -1.99. The molecule has 2 heterocycles. The van der Waals surface area contributed by atoms with Crippen LogP contribution in [0, 0.1) is 12.3 Å². The van der Waals surface area contributed by atoms with Crippen molar-refractivity contribution in [3.8, 4) is 35.3 Å². The lowest BCUT2D eigenvalue weighted by Gasteiger charge is -2.37. The molecule has 2 aliphatic rings. The second-order valence-corrected chi connectivity index (χ2v) is 10.1. The van der Waals surface area contributed by atoms with Crippen LogP contribution in [0.3, 0.4) is 0 Å². The molecule has 3 aromatic carbocycles. The normalized spacial score (nSPS) is 14.9. The summed E-state index contributed by atoms with van der Waals surface area (Å²) in [4.78, 5) is 13.1. The van der Waals surface area contributed by atoms with Crippen molar-refractivity contribution in [1.82, 2.24) is 0 Å². The van der Waals surface area contributed by atoms with Crippen molar-refractivity contribution in [1.29, 1.82) is 0 Å². The van der Waals surface area contributed by atoms with E-state index in [1.54, 1.807) is 30.3 Å². The molecule has 1 spiro atoms. The fourth-order valence-electron chi connectivity index (χ4n) is 3.98. The Kier molecular flexibility index (Phi) is 4.72. The predicted molar refractivity (Wildman–Crippen MR) is 127 cm³/mol. The van der Waals surface area contributed by atoms with Gasteiger partial charge < -0.3 is 19.7 Å². The third kappa shape index (κ3) is 2.62. The highest BCUT2D eigenvalue weighted by Gasteiger charge is 2.55. The van der Waals surface area contributed by atoms with Gasteiger partial charge in [0.15, 0.2) is 17.1 Å². The fourth-order valence-corrected chi connectivity index (χ4v) is 6.39. The molecule has 154 valence electrons. The number of phenolic OH excluding ortho intramolecular Hbond substituents is 2. The SMILES string of the molecule is C#Cc1cccc2c1C(=O)OC21c2cc(Br)c(O)c(Br)c2Oc2c1cc(Br)c(O)c2Br. The highest BCUT2D eigenvalue weighted by Crippen LogP contribution is 2.62. The Morgan fingerprint density at radius 3 is 1.97 bits per heavy atom. The summed E-state index contributed by atoms with van der Waals surface area (Å²) in [5.74, 6) is 2.27. The van der Waals surface area contributed by atoms with Gasteiger partial charge in [0, 0.05) is 11.1 Å². The van der Waals surface area contributed by atoms with Crippen LogP contribution in [0.5, 0.6) is 23.0 Å². The molecule has 0 radical (unpaired) electrons. The molecule has 0 fully saturated rings. The average molecular weight is 672 g/mol. The molecule has 2 N–H and O–H groups in total. The summed E-state index contributed by atoms with van der Waals surface area (Å²) < 4.78 is 13.5.